The van der Waals surface area contributed by atoms with Crippen molar-refractivity contribution in [2.24, 2.45) is 5.73 Å². The van der Waals surface area contributed by atoms with Crippen molar-refractivity contribution in [3.05, 3.63) is 29.6 Å². The predicted octanol–water partition coefficient (Wildman–Crippen LogP) is 1.87. The third kappa shape index (κ3) is 3.18. The Balaban J connectivity index is 2.85. The highest BCUT2D eigenvalue weighted by atomic mass is 19.1. The third-order valence-electron chi connectivity index (χ3n) is 2.09. The summed E-state index contributed by atoms with van der Waals surface area (Å²) in [5.74, 6) is 0.265. The number of benzene rings is 1. The van der Waals surface area contributed by atoms with Crippen LogP contribution in [0, 0.1) is 5.82 Å². The predicted molar refractivity (Wildman–Crippen MR) is 56.4 cm³/mol. The molecule has 1 aromatic rings. The SMILES string of the molecule is CCOCC(N)c1cc(F)ccc1OC. The van der Waals surface area contributed by atoms with Crippen molar-refractivity contribution in [1.29, 1.82) is 0 Å². The van der Waals surface area contributed by atoms with Crippen molar-refractivity contribution in [3.8, 4) is 5.75 Å². The lowest BCUT2D eigenvalue weighted by Gasteiger charge is -2.15. The van der Waals surface area contributed by atoms with Crippen molar-refractivity contribution < 1.29 is 13.9 Å². The molecule has 0 saturated carbocycles. The van der Waals surface area contributed by atoms with Gasteiger partial charge in [0.2, 0.25) is 0 Å². The zero-order valence-electron chi connectivity index (χ0n) is 9.00. The van der Waals surface area contributed by atoms with Crippen LogP contribution in [-0.2, 0) is 4.74 Å². The number of hydrogen-bond acceptors (Lipinski definition) is 3. The van der Waals surface area contributed by atoms with E-state index in [-0.39, 0.29) is 11.9 Å². The summed E-state index contributed by atoms with van der Waals surface area (Å²) in [7, 11) is 1.53. The highest BCUT2D eigenvalue weighted by Gasteiger charge is 2.12. The summed E-state index contributed by atoms with van der Waals surface area (Å²) in [6, 6.07) is 3.92. The number of hydrogen-bond donors (Lipinski definition) is 1. The van der Waals surface area contributed by atoms with Gasteiger partial charge in [0.1, 0.15) is 11.6 Å². The molecule has 3 nitrogen and oxygen atoms in total. The fourth-order valence-corrected chi connectivity index (χ4v) is 1.33. The van der Waals surface area contributed by atoms with E-state index >= 15 is 0 Å². The quantitative estimate of drug-likeness (QED) is 0.812. The molecular formula is C11H16FNO2. The summed E-state index contributed by atoms with van der Waals surface area (Å²) < 4.78 is 23.3. The molecule has 0 aromatic heterocycles. The van der Waals surface area contributed by atoms with E-state index in [4.69, 9.17) is 15.2 Å². The number of methoxy groups -OCH3 is 1. The van der Waals surface area contributed by atoms with E-state index in [2.05, 4.69) is 0 Å². The van der Waals surface area contributed by atoms with Crippen LogP contribution >= 0.6 is 0 Å². The fourth-order valence-electron chi connectivity index (χ4n) is 1.33. The van der Waals surface area contributed by atoms with Gasteiger partial charge in [-0.15, -0.1) is 0 Å². The first kappa shape index (κ1) is 11.9. The second-order valence-corrected chi connectivity index (χ2v) is 3.15. The topological polar surface area (TPSA) is 44.5 Å². The smallest absolute Gasteiger partial charge is 0.123 e. The first-order valence-electron chi connectivity index (χ1n) is 4.85. The highest BCUT2D eigenvalue weighted by Crippen LogP contribution is 2.24. The molecule has 0 heterocycles. The molecule has 84 valence electrons. The van der Waals surface area contributed by atoms with Crippen LogP contribution in [0.15, 0.2) is 18.2 Å². The minimum absolute atomic E-state index is 0.322. The zero-order valence-corrected chi connectivity index (χ0v) is 9.00. The maximum absolute atomic E-state index is 13.0. The van der Waals surface area contributed by atoms with E-state index in [9.17, 15) is 4.39 Å². The average Bonchev–Trinajstić information content (AvgIpc) is 2.25. The Bertz CT molecular complexity index is 317. The zero-order chi connectivity index (χ0) is 11.3. The van der Waals surface area contributed by atoms with Crippen LogP contribution in [0.4, 0.5) is 4.39 Å². The summed E-state index contributed by atoms with van der Waals surface area (Å²) in [6.45, 7) is 2.83. The van der Waals surface area contributed by atoms with E-state index in [0.29, 0.717) is 24.5 Å². The van der Waals surface area contributed by atoms with E-state index in [0.717, 1.165) is 0 Å². The van der Waals surface area contributed by atoms with E-state index < -0.39 is 0 Å². The molecule has 0 aliphatic rings. The Hall–Kier alpha value is -1.13. The van der Waals surface area contributed by atoms with Crippen molar-refractivity contribution in [2.75, 3.05) is 20.3 Å². The third-order valence-corrected chi connectivity index (χ3v) is 2.09. The standard InChI is InChI=1S/C11H16FNO2/c1-3-15-7-10(13)9-6-8(12)4-5-11(9)14-2/h4-6,10H,3,7,13H2,1-2H3. The molecule has 0 spiro atoms. The van der Waals surface area contributed by atoms with Crippen molar-refractivity contribution >= 4 is 0 Å². The van der Waals surface area contributed by atoms with Gasteiger partial charge in [-0.1, -0.05) is 0 Å². The van der Waals surface area contributed by atoms with Gasteiger partial charge in [0.15, 0.2) is 0 Å². The first-order valence-corrected chi connectivity index (χ1v) is 4.85. The van der Waals surface area contributed by atoms with Crippen molar-refractivity contribution in [3.63, 3.8) is 0 Å². The second kappa shape index (κ2) is 5.68. The molecule has 1 aromatic carbocycles. The minimum atomic E-state index is -0.365. The summed E-state index contributed by atoms with van der Waals surface area (Å²) in [5.41, 5.74) is 6.49. The van der Waals surface area contributed by atoms with Crippen LogP contribution < -0.4 is 10.5 Å². The van der Waals surface area contributed by atoms with E-state index in [1.165, 1.54) is 19.2 Å². The van der Waals surface area contributed by atoms with Crippen molar-refractivity contribution in [2.45, 2.75) is 13.0 Å². The van der Waals surface area contributed by atoms with E-state index in [1.54, 1.807) is 6.07 Å². The molecule has 0 amide bonds. The molecule has 1 rings (SSSR count). The van der Waals surface area contributed by atoms with Crippen LogP contribution in [0.1, 0.15) is 18.5 Å². The van der Waals surface area contributed by atoms with Crippen LogP contribution in [-0.4, -0.2) is 20.3 Å². The summed E-state index contributed by atoms with van der Waals surface area (Å²) >= 11 is 0. The molecule has 0 aliphatic heterocycles. The van der Waals surface area contributed by atoms with Gasteiger partial charge in [-0.2, -0.15) is 0 Å². The molecule has 2 N–H and O–H groups in total. The largest absolute Gasteiger partial charge is 0.496 e. The lowest BCUT2D eigenvalue weighted by molar-refractivity contribution is 0.132. The maximum atomic E-state index is 13.0. The number of ether oxygens (including phenoxy) is 2. The molecule has 0 saturated heterocycles. The Morgan fingerprint density at radius 2 is 2.20 bits per heavy atom. The Kier molecular flexibility index (Phi) is 4.52. The number of halogens is 1. The molecular weight excluding hydrogens is 197 g/mol. The van der Waals surface area contributed by atoms with Gasteiger partial charge in [-0.05, 0) is 25.1 Å². The van der Waals surface area contributed by atoms with Gasteiger partial charge in [0.25, 0.3) is 0 Å². The number of rotatable bonds is 5. The van der Waals surface area contributed by atoms with Gasteiger partial charge in [-0.25, -0.2) is 4.39 Å². The van der Waals surface area contributed by atoms with Crippen LogP contribution in [0.25, 0.3) is 0 Å². The second-order valence-electron chi connectivity index (χ2n) is 3.15. The molecule has 0 fully saturated rings. The molecule has 1 atom stereocenters. The summed E-state index contributed by atoms with van der Waals surface area (Å²) in [6.07, 6.45) is 0. The van der Waals surface area contributed by atoms with Gasteiger partial charge in [-0.3, -0.25) is 0 Å². The maximum Gasteiger partial charge on any atom is 0.123 e. The molecule has 1 unspecified atom stereocenters. The van der Waals surface area contributed by atoms with Gasteiger partial charge < -0.3 is 15.2 Å². The fraction of sp³-hybridized carbons (Fsp3) is 0.455. The van der Waals surface area contributed by atoms with Crippen LogP contribution in [0.2, 0.25) is 0 Å². The summed E-state index contributed by atoms with van der Waals surface area (Å²) in [4.78, 5) is 0. The normalized spacial score (nSPS) is 12.5. The number of nitrogens with two attached hydrogens (primary N) is 1. The van der Waals surface area contributed by atoms with E-state index in [1.807, 2.05) is 6.92 Å². The first-order chi connectivity index (χ1) is 7.19. The monoisotopic (exact) mass is 213 g/mol. The van der Waals surface area contributed by atoms with Crippen LogP contribution in [0.3, 0.4) is 0 Å². The lowest BCUT2D eigenvalue weighted by Crippen LogP contribution is -2.18. The highest BCUT2D eigenvalue weighted by molar-refractivity contribution is 5.36. The van der Waals surface area contributed by atoms with Gasteiger partial charge in [0.05, 0.1) is 19.8 Å². The minimum Gasteiger partial charge on any atom is -0.496 e. The molecule has 4 heteroatoms. The Labute approximate surface area is 89.0 Å². The molecule has 0 bridgehead atoms. The van der Waals surface area contributed by atoms with Gasteiger partial charge in [0, 0.05) is 12.2 Å². The molecule has 0 radical (unpaired) electrons. The van der Waals surface area contributed by atoms with Gasteiger partial charge >= 0.3 is 0 Å². The Morgan fingerprint density at radius 3 is 2.80 bits per heavy atom. The van der Waals surface area contributed by atoms with Crippen LogP contribution in [0.5, 0.6) is 5.75 Å². The lowest BCUT2D eigenvalue weighted by atomic mass is 10.1. The summed E-state index contributed by atoms with van der Waals surface area (Å²) in [5, 5.41) is 0. The Morgan fingerprint density at radius 1 is 1.47 bits per heavy atom. The molecule has 15 heavy (non-hydrogen) atoms. The molecule has 0 aliphatic carbocycles. The average molecular weight is 213 g/mol. The van der Waals surface area contributed by atoms with Crippen molar-refractivity contribution in [1.82, 2.24) is 0 Å².